The Hall–Kier alpha value is -2.50. The number of benzene rings is 2. The van der Waals surface area contributed by atoms with Gasteiger partial charge in [-0.15, -0.1) is 0 Å². The van der Waals surface area contributed by atoms with Crippen molar-refractivity contribution in [2.45, 2.75) is 12.4 Å². The fourth-order valence-electron chi connectivity index (χ4n) is 1.83. The van der Waals surface area contributed by atoms with Gasteiger partial charge in [-0.1, -0.05) is 24.3 Å². The second-order valence-electron chi connectivity index (χ2n) is 4.79. The van der Waals surface area contributed by atoms with Gasteiger partial charge in [0.05, 0.1) is 16.5 Å². The lowest BCUT2D eigenvalue weighted by Gasteiger charge is -2.05. The first-order valence-corrected chi connectivity index (χ1v) is 9.68. The molecule has 0 radical (unpaired) electrons. The number of rotatable bonds is 8. The summed E-state index contributed by atoms with van der Waals surface area (Å²) in [5, 5.41) is 21.4. The summed E-state index contributed by atoms with van der Waals surface area (Å²) < 4.78 is 28.6. The van der Waals surface area contributed by atoms with Crippen LogP contribution in [0.2, 0.25) is 0 Å². The van der Waals surface area contributed by atoms with Crippen LogP contribution in [0.5, 0.6) is 0 Å². The molecule has 0 bridgehead atoms. The standard InChI is InChI=1S/C14H12N2O7S2/c17-15(18)13-5-1-3-11(7-13)9-23-25(21,22)24-10-12-4-2-6-14(8-12)16(19)20/h1-8H,9-10H2. The van der Waals surface area contributed by atoms with Crippen LogP contribution in [0.4, 0.5) is 11.4 Å². The van der Waals surface area contributed by atoms with Crippen molar-refractivity contribution in [3.63, 3.8) is 0 Å². The maximum Gasteiger partial charge on any atom is 0.322 e. The Labute approximate surface area is 146 Å². The zero-order chi connectivity index (χ0) is 18.4. The van der Waals surface area contributed by atoms with E-state index in [1.54, 1.807) is 6.07 Å². The minimum Gasteiger partial charge on any atom is -0.258 e. The quantitative estimate of drug-likeness (QED) is 0.385. The summed E-state index contributed by atoms with van der Waals surface area (Å²) in [6, 6.07) is 11.1. The highest BCUT2D eigenvalue weighted by Crippen LogP contribution is 2.24. The molecule has 2 aromatic rings. The van der Waals surface area contributed by atoms with Crippen LogP contribution in [0.15, 0.2) is 48.5 Å². The molecule has 0 aliphatic heterocycles. The monoisotopic (exact) mass is 384 g/mol. The molecule has 0 aliphatic rings. The maximum atomic E-state index is 11.9. The summed E-state index contributed by atoms with van der Waals surface area (Å²) in [6.07, 6.45) is 0. The van der Waals surface area contributed by atoms with Gasteiger partial charge in [-0.25, -0.2) is 0 Å². The molecule has 2 aromatic carbocycles. The van der Waals surface area contributed by atoms with Crippen LogP contribution in [0.25, 0.3) is 0 Å². The van der Waals surface area contributed by atoms with E-state index in [1.807, 2.05) is 0 Å². The molecule has 9 nitrogen and oxygen atoms in total. The minimum atomic E-state index is -3.97. The lowest BCUT2D eigenvalue weighted by atomic mass is 10.2. The van der Waals surface area contributed by atoms with Crippen molar-refractivity contribution in [2.24, 2.45) is 0 Å². The van der Waals surface area contributed by atoms with E-state index in [0.29, 0.717) is 21.9 Å². The first-order valence-electron chi connectivity index (χ1n) is 6.77. The summed E-state index contributed by atoms with van der Waals surface area (Å²) in [5.41, 5.74) is 0.506. The van der Waals surface area contributed by atoms with Crippen LogP contribution in [-0.2, 0) is 25.7 Å². The minimum absolute atomic E-state index is 0.0288. The number of hydrogen-bond donors (Lipinski definition) is 0. The van der Waals surface area contributed by atoms with E-state index in [-0.39, 0.29) is 23.7 Å². The van der Waals surface area contributed by atoms with Crippen molar-refractivity contribution in [3.8, 4) is 0 Å². The van der Waals surface area contributed by atoms with Crippen LogP contribution in [0.3, 0.4) is 0 Å². The van der Waals surface area contributed by atoms with Crippen molar-refractivity contribution in [1.29, 1.82) is 0 Å². The van der Waals surface area contributed by atoms with Gasteiger partial charge in [0.1, 0.15) is 0 Å². The van der Waals surface area contributed by atoms with Gasteiger partial charge in [0, 0.05) is 40.8 Å². The lowest BCUT2D eigenvalue weighted by molar-refractivity contribution is -0.385. The summed E-state index contributed by atoms with van der Waals surface area (Å²) in [6.45, 7) is -0.341. The second kappa shape index (κ2) is 8.05. The predicted molar refractivity (Wildman–Crippen MR) is 91.2 cm³/mol. The molecule has 0 saturated heterocycles. The third kappa shape index (κ3) is 5.81. The highest BCUT2D eigenvalue weighted by Gasteiger charge is 2.15. The van der Waals surface area contributed by atoms with Gasteiger partial charge >= 0.3 is 9.15 Å². The largest absolute Gasteiger partial charge is 0.322 e. The van der Waals surface area contributed by atoms with E-state index in [1.165, 1.54) is 42.5 Å². The Morgan fingerprint density at radius 2 is 1.44 bits per heavy atom. The van der Waals surface area contributed by atoms with E-state index >= 15 is 0 Å². The Kier molecular flexibility index (Phi) is 6.07. The van der Waals surface area contributed by atoms with Crippen molar-refractivity contribution < 1.29 is 22.4 Å². The van der Waals surface area contributed by atoms with E-state index in [9.17, 15) is 28.6 Å². The van der Waals surface area contributed by atoms with Crippen LogP contribution in [0, 0.1) is 20.2 Å². The number of nitro benzene ring substituents is 2. The normalized spacial score (nSPS) is 11.2. The Morgan fingerprint density at radius 3 is 2.00 bits per heavy atom. The van der Waals surface area contributed by atoms with Gasteiger partial charge in [0.25, 0.3) is 11.4 Å². The Balaban J connectivity index is 1.96. The summed E-state index contributed by atoms with van der Waals surface area (Å²) in [5.74, 6) is -0.0288. The summed E-state index contributed by atoms with van der Waals surface area (Å²) in [4.78, 5) is 20.2. The van der Waals surface area contributed by atoms with Crippen molar-refractivity contribution in [1.82, 2.24) is 0 Å². The summed E-state index contributed by atoms with van der Waals surface area (Å²) >= 11 is 0. The molecular weight excluding hydrogens is 372 g/mol. The molecule has 2 rings (SSSR count). The second-order valence-corrected chi connectivity index (χ2v) is 8.30. The SMILES string of the molecule is O=[N+]([O-])c1cccc(COS(=O)(=O)SCc2cccc([N+](=O)[O-])c2)c1. The average Bonchev–Trinajstić information content (AvgIpc) is 2.59. The first-order chi connectivity index (χ1) is 11.8. The molecule has 0 aliphatic carbocycles. The number of non-ortho nitro benzene ring substituents is 2. The molecule has 0 heterocycles. The molecular formula is C14H12N2O7S2. The molecule has 0 aromatic heterocycles. The molecule has 0 saturated carbocycles. The van der Waals surface area contributed by atoms with E-state index in [4.69, 9.17) is 4.18 Å². The van der Waals surface area contributed by atoms with Gasteiger partial charge in [-0.05, 0) is 11.1 Å². The average molecular weight is 384 g/mol. The number of hydrogen-bond acceptors (Lipinski definition) is 8. The van der Waals surface area contributed by atoms with Crippen molar-refractivity contribution in [3.05, 3.63) is 79.9 Å². The molecule has 0 amide bonds. The molecule has 132 valence electrons. The molecule has 0 atom stereocenters. The molecule has 11 heteroatoms. The zero-order valence-electron chi connectivity index (χ0n) is 12.6. The summed E-state index contributed by atoms with van der Waals surface area (Å²) in [7, 11) is -3.49. The molecule has 0 fully saturated rings. The van der Waals surface area contributed by atoms with Gasteiger partial charge in [0.2, 0.25) is 0 Å². The Morgan fingerprint density at radius 1 is 0.920 bits per heavy atom. The van der Waals surface area contributed by atoms with E-state index in [0.717, 1.165) is 0 Å². The Bertz CT molecular complexity index is 832. The van der Waals surface area contributed by atoms with E-state index < -0.39 is 19.0 Å². The molecule has 25 heavy (non-hydrogen) atoms. The van der Waals surface area contributed by atoms with Crippen LogP contribution < -0.4 is 0 Å². The van der Waals surface area contributed by atoms with Crippen LogP contribution >= 0.6 is 10.8 Å². The fourth-order valence-corrected chi connectivity index (χ4v) is 3.83. The van der Waals surface area contributed by atoms with Gasteiger partial charge in [-0.2, -0.15) is 8.42 Å². The van der Waals surface area contributed by atoms with Gasteiger partial charge < -0.3 is 0 Å². The highest BCUT2D eigenvalue weighted by molar-refractivity contribution is 8.69. The zero-order valence-corrected chi connectivity index (χ0v) is 14.2. The lowest BCUT2D eigenvalue weighted by Crippen LogP contribution is -2.02. The van der Waals surface area contributed by atoms with Gasteiger partial charge in [-0.3, -0.25) is 24.4 Å². The van der Waals surface area contributed by atoms with Crippen LogP contribution in [0.1, 0.15) is 11.1 Å². The molecule has 0 unspecified atom stereocenters. The topological polar surface area (TPSA) is 130 Å². The smallest absolute Gasteiger partial charge is 0.258 e. The van der Waals surface area contributed by atoms with E-state index in [2.05, 4.69) is 0 Å². The van der Waals surface area contributed by atoms with Crippen LogP contribution in [-0.4, -0.2) is 18.3 Å². The third-order valence-electron chi connectivity index (χ3n) is 2.98. The van der Waals surface area contributed by atoms with Crippen molar-refractivity contribution >= 4 is 31.3 Å². The maximum absolute atomic E-state index is 11.9. The van der Waals surface area contributed by atoms with Crippen molar-refractivity contribution in [2.75, 3.05) is 0 Å². The number of nitrogens with zero attached hydrogens (tertiary/aromatic N) is 2. The van der Waals surface area contributed by atoms with Gasteiger partial charge in [0.15, 0.2) is 0 Å². The fraction of sp³-hybridized carbons (Fsp3) is 0.143. The highest BCUT2D eigenvalue weighted by atomic mass is 33.1. The first kappa shape index (κ1) is 18.8. The molecule has 0 spiro atoms. The predicted octanol–water partition coefficient (Wildman–Crippen LogP) is 3.20. The third-order valence-corrected chi connectivity index (χ3v) is 5.64. The number of nitro groups is 2. The molecule has 0 N–H and O–H groups in total.